The standard InChI is InChI=1S/C22H48SSi/c1-5-20-23-21-18-16-14-12-10-9-11-13-15-17-19-22-24(6-2,7-3)8-4/h5-22H2,1-4H3. The van der Waals surface area contributed by atoms with E-state index in [-0.39, 0.29) is 0 Å². The fourth-order valence-corrected chi connectivity index (χ4v) is 8.28. The molecule has 0 atom stereocenters. The molecule has 0 aromatic heterocycles. The largest absolute Gasteiger partial charge is 0.162 e. The molecule has 0 unspecified atom stereocenters. The van der Waals surface area contributed by atoms with E-state index in [1.165, 1.54) is 107 Å². The van der Waals surface area contributed by atoms with Gasteiger partial charge in [0.05, 0.1) is 8.07 Å². The van der Waals surface area contributed by atoms with Crippen molar-refractivity contribution < 1.29 is 0 Å². The molecule has 0 nitrogen and oxygen atoms in total. The molecule has 0 bridgehead atoms. The van der Waals surface area contributed by atoms with E-state index in [9.17, 15) is 0 Å². The molecule has 0 aromatic carbocycles. The molecule has 0 aliphatic rings. The van der Waals surface area contributed by atoms with Gasteiger partial charge in [0.1, 0.15) is 0 Å². The quantitative estimate of drug-likeness (QED) is 0.161. The highest BCUT2D eigenvalue weighted by atomic mass is 32.2. The van der Waals surface area contributed by atoms with Gasteiger partial charge in [-0.3, -0.25) is 0 Å². The van der Waals surface area contributed by atoms with Crippen LogP contribution >= 0.6 is 11.8 Å². The van der Waals surface area contributed by atoms with Crippen LogP contribution < -0.4 is 0 Å². The van der Waals surface area contributed by atoms with Crippen LogP contribution in [0.4, 0.5) is 0 Å². The summed E-state index contributed by atoms with van der Waals surface area (Å²) in [5.74, 6) is 2.75. The van der Waals surface area contributed by atoms with E-state index in [1.54, 1.807) is 6.04 Å². The van der Waals surface area contributed by atoms with E-state index in [0.29, 0.717) is 0 Å². The van der Waals surface area contributed by atoms with Crippen LogP contribution in [0.15, 0.2) is 0 Å². The van der Waals surface area contributed by atoms with Crippen molar-refractivity contribution in [2.24, 2.45) is 0 Å². The van der Waals surface area contributed by atoms with Crippen molar-refractivity contribution in [2.45, 2.75) is 129 Å². The average Bonchev–Trinajstić information content (AvgIpc) is 2.62. The molecule has 0 aromatic rings. The highest BCUT2D eigenvalue weighted by Gasteiger charge is 2.25. The third kappa shape index (κ3) is 13.8. The molecule has 0 N–H and O–H groups in total. The Hall–Kier alpha value is 0.567. The summed E-state index contributed by atoms with van der Waals surface area (Å²) in [7, 11) is -0.824. The monoisotopic (exact) mass is 372 g/mol. The summed E-state index contributed by atoms with van der Waals surface area (Å²) in [5, 5.41) is 0. The highest BCUT2D eigenvalue weighted by Crippen LogP contribution is 2.27. The second-order valence-corrected chi connectivity index (χ2v) is 14.7. The van der Waals surface area contributed by atoms with E-state index in [0.717, 1.165) is 0 Å². The fraction of sp³-hybridized carbons (Fsp3) is 1.00. The van der Waals surface area contributed by atoms with Crippen LogP contribution in [0.5, 0.6) is 0 Å². The molecule has 0 heterocycles. The number of unbranched alkanes of at least 4 members (excludes halogenated alkanes) is 10. The molecule has 0 rings (SSSR count). The van der Waals surface area contributed by atoms with E-state index in [2.05, 4.69) is 39.5 Å². The Balaban J connectivity index is 3.23. The predicted octanol–water partition coefficient (Wildman–Crippen LogP) is 8.93. The van der Waals surface area contributed by atoms with Crippen molar-refractivity contribution in [1.29, 1.82) is 0 Å². The molecular formula is C22H48SSi. The van der Waals surface area contributed by atoms with Crippen LogP contribution in [0.2, 0.25) is 24.2 Å². The topological polar surface area (TPSA) is 0 Å². The zero-order valence-corrected chi connectivity index (χ0v) is 19.5. The minimum atomic E-state index is -0.824. The fourth-order valence-electron chi connectivity index (χ4n) is 3.82. The zero-order valence-electron chi connectivity index (χ0n) is 17.6. The van der Waals surface area contributed by atoms with Crippen molar-refractivity contribution in [3.8, 4) is 0 Å². The summed E-state index contributed by atoms with van der Waals surface area (Å²) in [4.78, 5) is 0. The van der Waals surface area contributed by atoms with Gasteiger partial charge in [-0.25, -0.2) is 0 Å². The van der Waals surface area contributed by atoms with Crippen molar-refractivity contribution in [2.75, 3.05) is 11.5 Å². The van der Waals surface area contributed by atoms with Gasteiger partial charge in [0.25, 0.3) is 0 Å². The third-order valence-electron chi connectivity index (χ3n) is 6.09. The van der Waals surface area contributed by atoms with Gasteiger partial charge in [-0.2, -0.15) is 11.8 Å². The van der Waals surface area contributed by atoms with Gasteiger partial charge in [-0.15, -0.1) is 0 Å². The minimum Gasteiger partial charge on any atom is -0.162 e. The molecule has 0 aliphatic heterocycles. The molecule has 0 saturated heterocycles. The molecule has 146 valence electrons. The normalized spacial score (nSPS) is 12.0. The van der Waals surface area contributed by atoms with Gasteiger partial charge >= 0.3 is 0 Å². The third-order valence-corrected chi connectivity index (χ3v) is 13.3. The Morgan fingerprint density at radius 2 is 0.917 bits per heavy atom. The van der Waals surface area contributed by atoms with Gasteiger partial charge in [0, 0.05) is 0 Å². The molecule has 2 heteroatoms. The highest BCUT2D eigenvalue weighted by molar-refractivity contribution is 7.99. The molecule has 0 spiro atoms. The second-order valence-electron chi connectivity index (χ2n) is 7.81. The number of hydrogen-bond acceptors (Lipinski definition) is 1. The summed E-state index contributed by atoms with van der Waals surface area (Å²) in [6, 6.07) is 6.14. The predicted molar refractivity (Wildman–Crippen MR) is 120 cm³/mol. The smallest absolute Gasteiger partial charge is 0.0527 e. The number of thioether (sulfide) groups is 1. The zero-order chi connectivity index (χ0) is 17.9. The summed E-state index contributed by atoms with van der Waals surface area (Å²) in [6.45, 7) is 9.62. The van der Waals surface area contributed by atoms with Gasteiger partial charge in [0.15, 0.2) is 0 Å². The Morgan fingerprint density at radius 3 is 1.33 bits per heavy atom. The van der Waals surface area contributed by atoms with Gasteiger partial charge in [-0.05, 0) is 24.3 Å². The first kappa shape index (κ1) is 24.6. The number of hydrogen-bond donors (Lipinski definition) is 0. The van der Waals surface area contributed by atoms with Gasteiger partial charge in [0.2, 0.25) is 0 Å². The maximum Gasteiger partial charge on any atom is 0.0527 e. The summed E-state index contributed by atoms with van der Waals surface area (Å²) < 4.78 is 0. The lowest BCUT2D eigenvalue weighted by Gasteiger charge is -2.28. The number of rotatable bonds is 19. The van der Waals surface area contributed by atoms with Crippen molar-refractivity contribution in [3.05, 3.63) is 0 Å². The van der Waals surface area contributed by atoms with Gasteiger partial charge in [-0.1, -0.05) is 116 Å². The van der Waals surface area contributed by atoms with E-state index < -0.39 is 8.07 Å². The first-order valence-corrected chi connectivity index (χ1v) is 15.3. The van der Waals surface area contributed by atoms with Crippen LogP contribution in [-0.2, 0) is 0 Å². The summed E-state index contributed by atoms with van der Waals surface area (Å²) in [6.07, 6.45) is 17.7. The average molecular weight is 373 g/mol. The maximum atomic E-state index is 2.45. The second kappa shape index (κ2) is 18.4. The van der Waals surface area contributed by atoms with Gasteiger partial charge < -0.3 is 0 Å². The first-order chi connectivity index (χ1) is 11.7. The SMILES string of the molecule is CCCSCCCCCCCCCCCCC[Si](CC)(CC)CC. The lowest BCUT2D eigenvalue weighted by Crippen LogP contribution is -2.30. The maximum absolute atomic E-state index is 2.45. The summed E-state index contributed by atoms with van der Waals surface area (Å²) in [5.41, 5.74) is 0. The lowest BCUT2D eigenvalue weighted by molar-refractivity contribution is 0.554. The minimum absolute atomic E-state index is 0.824. The Bertz CT molecular complexity index is 230. The van der Waals surface area contributed by atoms with Crippen LogP contribution in [0.25, 0.3) is 0 Å². The van der Waals surface area contributed by atoms with E-state index >= 15 is 0 Å². The van der Waals surface area contributed by atoms with Crippen LogP contribution in [0.3, 0.4) is 0 Å². The molecule has 0 radical (unpaired) electrons. The van der Waals surface area contributed by atoms with Crippen LogP contribution in [0.1, 0.15) is 105 Å². The van der Waals surface area contributed by atoms with E-state index in [4.69, 9.17) is 0 Å². The van der Waals surface area contributed by atoms with Crippen LogP contribution in [-0.4, -0.2) is 19.6 Å². The van der Waals surface area contributed by atoms with E-state index in [1.807, 2.05) is 0 Å². The van der Waals surface area contributed by atoms with Crippen molar-refractivity contribution in [3.63, 3.8) is 0 Å². The molecule has 24 heavy (non-hydrogen) atoms. The molecule has 0 fully saturated rings. The Morgan fingerprint density at radius 1 is 0.500 bits per heavy atom. The van der Waals surface area contributed by atoms with Crippen molar-refractivity contribution >= 4 is 19.8 Å². The molecule has 0 aliphatic carbocycles. The molecule has 0 amide bonds. The Kier molecular flexibility index (Phi) is 18.8. The molecule has 0 saturated carbocycles. The Labute approximate surface area is 160 Å². The van der Waals surface area contributed by atoms with Crippen LogP contribution in [0, 0.1) is 0 Å². The molecular weight excluding hydrogens is 324 g/mol. The first-order valence-electron chi connectivity index (χ1n) is 11.3. The lowest BCUT2D eigenvalue weighted by atomic mass is 10.1. The summed E-state index contributed by atoms with van der Waals surface area (Å²) >= 11 is 2.14. The van der Waals surface area contributed by atoms with Crippen molar-refractivity contribution in [1.82, 2.24) is 0 Å².